The fourth-order valence-electron chi connectivity index (χ4n) is 2.65. The normalized spacial score (nSPS) is 10.7. The fourth-order valence-corrected chi connectivity index (χ4v) is 3.47. The number of benzene rings is 2. The largest absolute Gasteiger partial charge is 0.486 e. The third kappa shape index (κ3) is 5.13. The number of aryl methyl sites for hydroxylation is 2. The summed E-state index contributed by atoms with van der Waals surface area (Å²) in [5, 5.41) is 12.0. The summed E-state index contributed by atoms with van der Waals surface area (Å²) in [5.74, 6) is 1.75. The van der Waals surface area contributed by atoms with Gasteiger partial charge in [0.25, 0.3) is 0 Å². The van der Waals surface area contributed by atoms with E-state index in [1.54, 1.807) is 0 Å². The van der Waals surface area contributed by atoms with Crippen molar-refractivity contribution in [1.82, 2.24) is 14.8 Å². The molecule has 6 nitrogen and oxygen atoms in total. The van der Waals surface area contributed by atoms with Gasteiger partial charge in [-0.15, -0.1) is 10.2 Å². The van der Waals surface area contributed by atoms with E-state index in [-0.39, 0.29) is 11.7 Å². The summed E-state index contributed by atoms with van der Waals surface area (Å²) < 4.78 is 7.85. The predicted octanol–water partition coefficient (Wildman–Crippen LogP) is 4.22. The molecule has 0 bridgehead atoms. The number of thioether (sulfide) groups is 1. The number of anilines is 1. The Morgan fingerprint density at radius 2 is 1.89 bits per heavy atom. The molecule has 0 fully saturated rings. The highest BCUT2D eigenvalue weighted by Gasteiger charge is 2.14. The molecule has 2 aromatic carbocycles. The molecule has 0 radical (unpaired) electrons. The number of amides is 1. The van der Waals surface area contributed by atoms with Crippen LogP contribution in [0.4, 0.5) is 5.69 Å². The molecule has 0 saturated carbocycles. The lowest BCUT2D eigenvalue weighted by Crippen LogP contribution is -2.14. The van der Waals surface area contributed by atoms with Gasteiger partial charge in [-0.1, -0.05) is 36.0 Å². The summed E-state index contributed by atoms with van der Waals surface area (Å²) in [5.41, 5.74) is 3.21. The van der Waals surface area contributed by atoms with Crippen LogP contribution < -0.4 is 10.1 Å². The molecule has 1 aromatic heterocycles. The third-order valence-electron chi connectivity index (χ3n) is 4.35. The van der Waals surface area contributed by atoms with Gasteiger partial charge in [0.05, 0.1) is 5.75 Å². The molecule has 0 spiro atoms. The lowest BCUT2D eigenvalue weighted by Gasteiger charge is -2.10. The summed E-state index contributed by atoms with van der Waals surface area (Å²) in [7, 11) is 0. The molecule has 146 valence electrons. The number of ether oxygens (including phenoxy) is 1. The first-order valence-corrected chi connectivity index (χ1v) is 10.1. The van der Waals surface area contributed by atoms with Crippen LogP contribution in [0.5, 0.6) is 5.75 Å². The van der Waals surface area contributed by atoms with Gasteiger partial charge in [0.15, 0.2) is 11.0 Å². The van der Waals surface area contributed by atoms with E-state index in [1.807, 2.05) is 60.0 Å². The van der Waals surface area contributed by atoms with E-state index >= 15 is 0 Å². The van der Waals surface area contributed by atoms with Gasteiger partial charge in [-0.25, -0.2) is 0 Å². The smallest absolute Gasteiger partial charge is 0.234 e. The maximum Gasteiger partial charge on any atom is 0.234 e. The maximum absolute atomic E-state index is 12.1. The predicted molar refractivity (Wildman–Crippen MR) is 112 cm³/mol. The van der Waals surface area contributed by atoms with E-state index in [4.69, 9.17) is 4.74 Å². The molecule has 0 unspecified atom stereocenters. The van der Waals surface area contributed by atoms with E-state index in [1.165, 1.54) is 22.9 Å². The van der Waals surface area contributed by atoms with Crippen molar-refractivity contribution in [2.45, 2.75) is 39.1 Å². The fraction of sp³-hybridized carbons (Fsp3) is 0.286. The first-order valence-electron chi connectivity index (χ1n) is 9.16. The van der Waals surface area contributed by atoms with E-state index in [0.29, 0.717) is 18.3 Å². The summed E-state index contributed by atoms with van der Waals surface area (Å²) >= 11 is 1.37. The number of nitrogens with one attached hydrogen (secondary N) is 1. The van der Waals surface area contributed by atoms with Crippen LogP contribution in [0.25, 0.3) is 0 Å². The number of rotatable bonds is 8. The van der Waals surface area contributed by atoms with Crippen LogP contribution in [-0.4, -0.2) is 26.4 Å². The Labute approximate surface area is 169 Å². The second-order valence-corrected chi connectivity index (χ2v) is 7.32. The van der Waals surface area contributed by atoms with Crippen LogP contribution in [0.15, 0.2) is 53.7 Å². The van der Waals surface area contributed by atoms with Crippen molar-refractivity contribution >= 4 is 23.4 Å². The number of aromatic nitrogens is 3. The Bertz CT molecular complexity index is 941. The van der Waals surface area contributed by atoms with Gasteiger partial charge < -0.3 is 14.6 Å². The zero-order chi connectivity index (χ0) is 19.9. The van der Waals surface area contributed by atoms with Crippen LogP contribution in [-0.2, 0) is 17.9 Å². The lowest BCUT2D eigenvalue weighted by atomic mass is 10.1. The van der Waals surface area contributed by atoms with Gasteiger partial charge in [0.2, 0.25) is 5.91 Å². The van der Waals surface area contributed by atoms with Gasteiger partial charge in [-0.3, -0.25) is 4.79 Å². The molecule has 1 heterocycles. The second kappa shape index (κ2) is 9.41. The van der Waals surface area contributed by atoms with Gasteiger partial charge in [0, 0.05) is 12.2 Å². The van der Waals surface area contributed by atoms with Crippen molar-refractivity contribution in [3.8, 4) is 5.75 Å². The molecule has 0 atom stereocenters. The van der Waals surface area contributed by atoms with Crippen LogP contribution in [0.3, 0.4) is 0 Å². The van der Waals surface area contributed by atoms with Crippen molar-refractivity contribution in [3.63, 3.8) is 0 Å². The Hall–Kier alpha value is -2.80. The quantitative estimate of drug-likeness (QED) is 0.577. The molecule has 1 amide bonds. The highest BCUT2D eigenvalue weighted by molar-refractivity contribution is 7.99. The number of para-hydroxylation sites is 1. The molecular formula is C21H24N4O2S. The molecule has 3 rings (SSSR count). The third-order valence-corrected chi connectivity index (χ3v) is 5.31. The van der Waals surface area contributed by atoms with Crippen molar-refractivity contribution in [3.05, 3.63) is 65.5 Å². The van der Waals surface area contributed by atoms with Crippen LogP contribution in [0.1, 0.15) is 23.9 Å². The Morgan fingerprint density at radius 1 is 1.11 bits per heavy atom. The van der Waals surface area contributed by atoms with Gasteiger partial charge >= 0.3 is 0 Å². The molecular weight excluding hydrogens is 372 g/mol. The Kier molecular flexibility index (Phi) is 6.71. The summed E-state index contributed by atoms with van der Waals surface area (Å²) in [6, 6.07) is 15.4. The number of hydrogen-bond acceptors (Lipinski definition) is 5. The average molecular weight is 397 g/mol. The minimum absolute atomic E-state index is 0.0743. The van der Waals surface area contributed by atoms with E-state index in [2.05, 4.69) is 29.4 Å². The van der Waals surface area contributed by atoms with Crippen LogP contribution in [0.2, 0.25) is 0 Å². The molecule has 0 saturated heterocycles. The minimum Gasteiger partial charge on any atom is -0.486 e. The molecule has 7 heteroatoms. The van der Waals surface area contributed by atoms with Gasteiger partial charge in [-0.2, -0.15) is 0 Å². The van der Waals surface area contributed by atoms with Crippen molar-refractivity contribution in [2.24, 2.45) is 0 Å². The minimum atomic E-state index is -0.0743. The van der Waals surface area contributed by atoms with Gasteiger partial charge in [-0.05, 0) is 56.2 Å². The molecule has 0 aliphatic heterocycles. The van der Waals surface area contributed by atoms with E-state index < -0.39 is 0 Å². The van der Waals surface area contributed by atoms with Crippen molar-refractivity contribution in [2.75, 3.05) is 11.1 Å². The van der Waals surface area contributed by atoms with Crippen molar-refractivity contribution < 1.29 is 9.53 Å². The highest BCUT2D eigenvalue weighted by atomic mass is 32.2. The first-order chi connectivity index (χ1) is 13.6. The maximum atomic E-state index is 12.1. The zero-order valence-electron chi connectivity index (χ0n) is 16.3. The summed E-state index contributed by atoms with van der Waals surface area (Å²) in [4.78, 5) is 12.1. The zero-order valence-corrected chi connectivity index (χ0v) is 17.1. The molecule has 28 heavy (non-hydrogen) atoms. The first kappa shape index (κ1) is 19.9. The topological polar surface area (TPSA) is 69.0 Å². The van der Waals surface area contributed by atoms with Crippen molar-refractivity contribution in [1.29, 1.82) is 0 Å². The monoisotopic (exact) mass is 396 g/mol. The molecule has 1 N–H and O–H groups in total. The number of nitrogens with zero attached hydrogens (tertiary/aromatic N) is 3. The molecule has 3 aromatic rings. The number of carbonyl (C=O) groups is 1. The second-order valence-electron chi connectivity index (χ2n) is 6.38. The van der Waals surface area contributed by atoms with E-state index in [9.17, 15) is 4.79 Å². The Balaban J connectivity index is 1.58. The Morgan fingerprint density at radius 3 is 2.61 bits per heavy atom. The van der Waals surface area contributed by atoms with Crippen LogP contribution in [0, 0.1) is 13.8 Å². The van der Waals surface area contributed by atoms with Crippen LogP contribution >= 0.6 is 11.8 Å². The number of carbonyl (C=O) groups excluding carboxylic acids is 1. The average Bonchev–Trinajstić information content (AvgIpc) is 3.10. The molecule has 0 aliphatic rings. The van der Waals surface area contributed by atoms with E-state index in [0.717, 1.165) is 17.3 Å². The lowest BCUT2D eigenvalue weighted by molar-refractivity contribution is -0.113. The number of hydrogen-bond donors (Lipinski definition) is 1. The molecule has 0 aliphatic carbocycles. The standard InChI is InChI=1S/C21H24N4O2S/c1-4-25-19(13-27-18-11-10-15(2)16(3)12-18)23-24-21(25)28-14-20(26)22-17-8-6-5-7-9-17/h5-12H,4,13-14H2,1-3H3,(H,22,26). The summed E-state index contributed by atoms with van der Waals surface area (Å²) in [6.45, 7) is 7.20. The van der Waals surface area contributed by atoms with Gasteiger partial charge in [0.1, 0.15) is 12.4 Å². The summed E-state index contributed by atoms with van der Waals surface area (Å²) in [6.07, 6.45) is 0. The highest BCUT2D eigenvalue weighted by Crippen LogP contribution is 2.20. The SMILES string of the molecule is CCn1c(COc2ccc(C)c(C)c2)nnc1SCC(=O)Nc1ccccc1.